The number of nitrogen functional groups attached to an aromatic ring is 1. The van der Waals surface area contributed by atoms with Crippen LogP contribution in [0.5, 0.6) is 0 Å². The molecule has 3 heteroatoms. The molecule has 2 N–H and O–H groups in total. The Kier molecular flexibility index (Phi) is 0.672. The fourth-order valence-electron chi connectivity index (χ4n) is 0.275. The van der Waals surface area contributed by atoms with Crippen molar-refractivity contribution in [3.05, 3.63) is 12.3 Å². The second-order valence-corrected chi connectivity index (χ2v) is 1.06. The van der Waals surface area contributed by atoms with Gasteiger partial charge >= 0.3 is 35.1 Å². The van der Waals surface area contributed by atoms with Crippen LogP contribution in [0.25, 0.3) is 0 Å². The standard InChI is InChI=1S/C3H4BNO/c5-3-1-2-6-4-3/h1-2H,5H2. The van der Waals surface area contributed by atoms with Crippen molar-refractivity contribution in [1.29, 1.82) is 0 Å². The molecule has 1 aromatic rings. The summed E-state index contributed by atoms with van der Waals surface area (Å²) in [5.74, 6) is 0. The molecule has 1 aromatic heterocycles. The van der Waals surface area contributed by atoms with Crippen LogP contribution in [0, 0.1) is 0 Å². The van der Waals surface area contributed by atoms with Crippen LogP contribution in [0.4, 0.5) is 5.58 Å². The van der Waals surface area contributed by atoms with Crippen molar-refractivity contribution in [2.45, 2.75) is 0 Å². The fourth-order valence-corrected chi connectivity index (χ4v) is 0.275. The molecule has 0 spiro atoms. The molecule has 0 saturated heterocycles. The van der Waals surface area contributed by atoms with E-state index in [0.29, 0.717) is 5.58 Å². The van der Waals surface area contributed by atoms with E-state index >= 15 is 0 Å². The molecule has 1 rings (SSSR count). The summed E-state index contributed by atoms with van der Waals surface area (Å²) < 4.78 is 4.59. The summed E-state index contributed by atoms with van der Waals surface area (Å²) >= 11 is 0. The SMILES string of the molecule is Nc1bocc1. The molecule has 0 saturated carbocycles. The van der Waals surface area contributed by atoms with Gasteiger partial charge in [0.2, 0.25) is 0 Å². The molecule has 0 aliphatic rings. The van der Waals surface area contributed by atoms with Crippen LogP contribution in [-0.4, -0.2) is 7.13 Å². The third-order valence-corrected chi connectivity index (χ3v) is 0.543. The van der Waals surface area contributed by atoms with Gasteiger partial charge in [-0.1, -0.05) is 0 Å². The zero-order chi connectivity index (χ0) is 4.41. The summed E-state index contributed by atoms with van der Waals surface area (Å²) in [7, 11) is 1.49. The first kappa shape index (κ1) is 3.46. The topological polar surface area (TPSA) is 39.2 Å². The average molecular weight is 80.9 g/mol. The molecule has 0 unspecified atom stereocenters. The summed E-state index contributed by atoms with van der Waals surface area (Å²) in [6.45, 7) is 0. The minimum atomic E-state index is 0.676. The van der Waals surface area contributed by atoms with E-state index in [1.165, 1.54) is 13.4 Å². The molecule has 0 fully saturated rings. The van der Waals surface area contributed by atoms with Crippen molar-refractivity contribution in [3.63, 3.8) is 0 Å². The third kappa shape index (κ3) is 0.430. The van der Waals surface area contributed by atoms with Gasteiger partial charge in [0, 0.05) is 0 Å². The Balaban J connectivity index is 3.05. The van der Waals surface area contributed by atoms with E-state index in [9.17, 15) is 0 Å². The molecule has 0 aromatic carbocycles. The molecule has 6 heavy (non-hydrogen) atoms. The summed E-state index contributed by atoms with van der Waals surface area (Å²) in [4.78, 5) is 0. The molecule has 0 bridgehead atoms. The van der Waals surface area contributed by atoms with Crippen LogP contribution in [0.2, 0.25) is 0 Å². The summed E-state index contributed by atoms with van der Waals surface area (Å²) in [6, 6.07) is 1.69. The second-order valence-electron chi connectivity index (χ2n) is 1.06. The van der Waals surface area contributed by atoms with E-state index in [4.69, 9.17) is 5.73 Å². The number of rotatable bonds is 0. The molecule has 0 radical (unpaired) electrons. The second kappa shape index (κ2) is 1.16. The molecule has 1 heterocycles. The van der Waals surface area contributed by atoms with Gasteiger partial charge in [-0.05, 0) is 0 Å². The third-order valence-electron chi connectivity index (χ3n) is 0.543. The van der Waals surface area contributed by atoms with Crippen molar-refractivity contribution in [3.8, 4) is 0 Å². The predicted molar refractivity (Wildman–Crippen MR) is 24.5 cm³/mol. The van der Waals surface area contributed by atoms with Crippen molar-refractivity contribution in [2.24, 2.45) is 0 Å². The maximum absolute atomic E-state index is 5.18. The molecular formula is C3H4BNO. The van der Waals surface area contributed by atoms with Crippen LogP contribution in [0.15, 0.2) is 16.7 Å². The maximum atomic E-state index is 5.18. The molecule has 0 aliphatic heterocycles. The molecule has 2 nitrogen and oxygen atoms in total. The van der Waals surface area contributed by atoms with Gasteiger partial charge in [0.15, 0.2) is 0 Å². The Hall–Kier alpha value is -0.725. The van der Waals surface area contributed by atoms with Gasteiger partial charge in [-0.3, -0.25) is 0 Å². The number of hydrogen-bond donors (Lipinski definition) is 1. The van der Waals surface area contributed by atoms with E-state index in [0.717, 1.165) is 0 Å². The first-order valence-corrected chi connectivity index (χ1v) is 1.67. The number of nitrogens with two attached hydrogens (primary N) is 1. The van der Waals surface area contributed by atoms with Gasteiger partial charge in [-0.15, -0.1) is 0 Å². The molecular weight excluding hydrogens is 76.9 g/mol. The van der Waals surface area contributed by atoms with Crippen LogP contribution < -0.4 is 5.73 Å². The van der Waals surface area contributed by atoms with Crippen LogP contribution in [0.1, 0.15) is 0 Å². The Labute approximate surface area is 36.2 Å². The van der Waals surface area contributed by atoms with E-state index in [2.05, 4.69) is 4.33 Å². The summed E-state index contributed by atoms with van der Waals surface area (Å²) in [6.07, 6.45) is 1.54. The van der Waals surface area contributed by atoms with E-state index in [1.807, 2.05) is 0 Å². The summed E-state index contributed by atoms with van der Waals surface area (Å²) in [5, 5.41) is 0. The zero-order valence-electron chi connectivity index (χ0n) is 3.22. The Morgan fingerprint density at radius 2 is 2.67 bits per heavy atom. The molecule has 0 aliphatic carbocycles. The first-order valence-electron chi connectivity index (χ1n) is 1.67. The molecule has 30 valence electrons. The first-order chi connectivity index (χ1) is 2.89. The van der Waals surface area contributed by atoms with Crippen molar-refractivity contribution >= 4 is 12.7 Å². The predicted octanol–water partition coefficient (Wildman–Crippen LogP) is 0.200. The van der Waals surface area contributed by atoms with Crippen LogP contribution in [0.3, 0.4) is 0 Å². The van der Waals surface area contributed by atoms with E-state index in [-0.39, 0.29) is 0 Å². The molecule has 0 atom stereocenters. The van der Waals surface area contributed by atoms with Crippen LogP contribution in [-0.2, 0) is 0 Å². The van der Waals surface area contributed by atoms with Crippen molar-refractivity contribution in [1.82, 2.24) is 0 Å². The monoisotopic (exact) mass is 81.0 g/mol. The van der Waals surface area contributed by atoms with Crippen LogP contribution >= 0.6 is 0 Å². The van der Waals surface area contributed by atoms with E-state index < -0.39 is 0 Å². The van der Waals surface area contributed by atoms with Crippen molar-refractivity contribution < 1.29 is 4.33 Å². The van der Waals surface area contributed by atoms with Gasteiger partial charge in [0.25, 0.3) is 0 Å². The number of anilines is 1. The van der Waals surface area contributed by atoms with Crippen molar-refractivity contribution in [2.75, 3.05) is 5.73 Å². The Morgan fingerprint density at radius 1 is 1.83 bits per heavy atom. The van der Waals surface area contributed by atoms with Gasteiger partial charge in [0.05, 0.1) is 0 Å². The normalized spacial score (nSPS) is 8.00. The van der Waals surface area contributed by atoms with Gasteiger partial charge < -0.3 is 0 Å². The minimum absolute atomic E-state index is 0.676. The Bertz CT molecular complexity index is 114. The van der Waals surface area contributed by atoms with Gasteiger partial charge in [-0.25, -0.2) is 0 Å². The van der Waals surface area contributed by atoms with Gasteiger partial charge in [-0.2, -0.15) is 0 Å². The van der Waals surface area contributed by atoms with Gasteiger partial charge in [0.1, 0.15) is 0 Å². The zero-order valence-corrected chi connectivity index (χ0v) is 3.22. The molecule has 0 amide bonds. The fraction of sp³-hybridized carbons (Fsp3) is 0. The Morgan fingerprint density at radius 3 is 2.83 bits per heavy atom. The average Bonchev–Trinajstić information content (AvgIpc) is 1.86. The quantitative estimate of drug-likeness (QED) is 0.484. The summed E-state index contributed by atoms with van der Waals surface area (Å²) in [5.41, 5.74) is 5.86. The van der Waals surface area contributed by atoms with E-state index in [1.54, 1.807) is 6.07 Å². The number of hydrogen-bond acceptors (Lipinski definition) is 2.